The van der Waals surface area contributed by atoms with Crippen molar-refractivity contribution in [2.75, 3.05) is 5.32 Å². The summed E-state index contributed by atoms with van der Waals surface area (Å²) in [6, 6.07) is 7.35. The molecule has 1 amide bonds. The molecule has 0 aliphatic carbocycles. The van der Waals surface area contributed by atoms with Crippen molar-refractivity contribution in [3.8, 4) is 0 Å². The van der Waals surface area contributed by atoms with Crippen molar-refractivity contribution in [1.82, 2.24) is 10.2 Å². The third kappa shape index (κ3) is 4.05. The Bertz CT molecular complexity index is 667. The molecule has 0 aliphatic rings. The molecule has 2 rings (SSSR count). The smallest absolute Gasteiger partial charge is 0.236 e. The van der Waals surface area contributed by atoms with Crippen LogP contribution in [0.5, 0.6) is 0 Å². The van der Waals surface area contributed by atoms with E-state index >= 15 is 0 Å². The number of anilines is 1. The van der Waals surface area contributed by atoms with Gasteiger partial charge < -0.3 is 0 Å². The third-order valence-corrected chi connectivity index (χ3v) is 4.48. The number of benzene rings is 1. The molecule has 1 aromatic heterocycles. The summed E-state index contributed by atoms with van der Waals surface area (Å²) in [7, 11) is 0. The summed E-state index contributed by atoms with van der Waals surface area (Å²) in [5.41, 5.74) is 0.166. The number of hydrogen-bond acceptors (Lipinski definition) is 4. The highest BCUT2D eigenvalue weighted by Gasteiger charge is 2.30. The standard InChI is InChI=1S/C16H20ClN3OS/c1-10(2)8-13-19-20-15(22-13)18-14(21)16(3,4)11-6-5-7-12(17)9-11/h5-7,9-10H,8H2,1-4H3,(H,18,20,21). The van der Waals surface area contributed by atoms with Gasteiger partial charge in [0.1, 0.15) is 5.01 Å². The number of rotatable bonds is 5. The molecule has 0 bridgehead atoms. The fourth-order valence-corrected chi connectivity index (χ4v) is 3.13. The average molecular weight is 338 g/mol. The van der Waals surface area contributed by atoms with E-state index in [1.807, 2.05) is 32.0 Å². The first-order valence-corrected chi connectivity index (χ1v) is 8.38. The molecule has 1 heterocycles. The first-order chi connectivity index (χ1) is 10.3. The molecule has 6 heteroatoms. The number of carbonyl (C=O) groups is 1. The van der Waals surface area contributed by atoms with Crippen LogP contribution in [0, 0.1) is 5.92 Å². The van der Waals surface area contributed by atoms with Gasteiger partial charge in [-0.25, -0.2) is 0 Å². The fourth-order valence-electron chi connectivity index (χ4n) is 2.00. The number of hydrogen-bond donors (Lipinski definition) is 1. The number of carbonyl (C=O) groups excluding carboxylic acids is 1. The topological polar surface area (TPSA) is 54.9 Å². The van der Waals surface area contributed by atoms with E-state index in [4.69, 9.17) is 11.6 Å². The van der Waals surface area contributed by atoms with Crippen LogP contribution in [0.4, 0.5) is 5.13 Å². The maximum atomic E-state index is 12.6. The van der Waals surface area contributed by atoms with Crippen LogP contribution in [0.1, 0.15) is 38.3 Å². The van der Waals surface area contributed by atoms with E-state index in [0.717, 1.165) is 17.0 Å². The molecule has 0 saturated heterocycles. The van der Waals surface area contributed by atoms with Crippen molar-refractivity contribution in [2.24, 2.45) is 5.92 Å². The van der Waals surface area contributed by atoms with Crippen LogP contribution in [0.15, 0.2) is 24.3 Å². The molecule has 0 saturated carbocycles. The highest BCUT2D eigenvalue weighted by atomic mass is 35.5. The highest BCUT2D eigenvalue weighted by molar-refractivity contribution is 7.15. The maximum absolute atomic E-state index is 12.6. The Balaban J connectivity index is 2.12. The second-order valence-electron chi connectivity index (χ2n) is 6.19. The SMILES string of the molecule is CC(C)Cc1nnc(NC(=O)C(C)(C)c2cccc(Cl)c2)s1. The van der Waals surface area contributed by atoms with Crippen LogP contribution in [0.3, 0.4) is 0 Å². The first kappa shape index (κ1) is 16.9. The molecule has 1 N–H and O–H groups in total. The van der Waals surface area contributed by atoms with E-state index in [0.29, 0.717) is 16.1 Å². The number of nitrogens with zero attached hydrogens (tertiary/aromatic N) is 2. The summed E-state index contributed by atoms with van der Waals surface area (Å²) < 4.78 is 0. The predicted molar refractivity (Wildman–Crippen MR) is 91.6 cm³/mol. The van der Waals surface area contributed by atoms with Gasteiger partial charge in [-0.05, 0) is 37.5 Å². The maximum Gasteiger partial charge on any atom is 0.236 e. The van der Waals surface area contributed by atoms with Crippen molar-refractivity contribution < 1.29 is 4.79 Å². The van der Waals surface area contributed by atoms with E-state index in [2.05, 4.69) is 29.4 Å². The lowest BCUT2D eigenvalue weighted by atomic mass is 9.84. The van der Waals surface area contributed by atoms with E-state index in [-0.39, 0.29) is 5.91 Å². The van der Waals surface area contributed by atoms with Crippen molar-refractivity contribution in [1.29, 1.82) is 0 Å². The zero-order valence-electron chi connectivity index (χ0n) is 13.2. The Labute approximate surface area is 139 Å². The van der Waals surface area contributed by atoms with Crippen molar-refractivity contribution in [3.63, 3.8) is 0 Å². The lowest BCUT2D eigenvalue weighted by molar-refractivity contribution is -0.120. The predicted octanol–water partition coefficient (Wildman–Crippen LogP) is 4.31. The third-order valence-electron chi connectivity index (χ3n) is 3.38. The monoisotopic (exact) mass is 337 g/mol. The van der Waals surface area contributed by atoms with Gasteiger partial charge in [0.2, 0.25) is 11.0 Å². The van der Waals surface area contributed by atoms with Gasteiger partial charge in [0.25, 0.3) is 0 Å². The summed E-state index contributed by atoms with van der Waals surface area (Å²) in [6.45, 7) is 7.98. The van der Waals surface area contributed by atoms with Crippen LogP contribution in [0.25, 0.3) is 0 Å². The zero-order valence-corrected chi connectivity index (χ0v) is 14.8. The molecule has 2 aromatic rings. The van der Waals surface area contributed by atoms with E-state index in [1.54, 1.807) is 6.07 Å². The van der Waals surface area contributed by atoms with Gasteiger partial charge >= 0.3 is 0 Å². The van der Waals surface area contributed by atoms with E-state index in [1.165, 1.54) is 11.3 Å². The molecule has 22 heavy (non-hydrogen) atoms. The van der Waals surface area contributed by atoms with Gasteiger partial charge in [0, 0.05) is 11.4 Å². The minimum absolute atomic E-state index is 0.123. The molecular weight excluding hydrogens is 318 g/mol. The molecule has 0 fully saturated rings. The van der Waals surface area contributed by atoms with Crippen molar-refractivity contribution >= 4 is 34.0 Å². The lowest BCUT2D eigenvalue weighted by Gasteiger charge is -2.23. The lowest BCUT2D eigenvalue weighted by Crippen LogP contribution is -2.34. The van der Waals surface area contributed by atoms with Crippen LogP contribution in [-0.4, -0.2) is 16.1 Å². The Kier molecular flexibility index (Phi) is 5.19. The summed E-state index contributed by atoms with van der Waals surface area (Å²) in [4.78, 5) is 12.6. The summed E-state index contributed by atoms with van der Waals surface area (Å²) in [6.07, 6.45) is 0.866. The number of amides is 1. The molecule has 0 spiro atoms. The van der Waals surface area contributed by atoms with Gasteiger partial charge in [0.15, 0.2) is 0 Å². The largest absolute Gasteiger partial charge is 0.300 e. The number of aromatic nitrogens is 2. The van der Waals surface area contributed by atoms with Gasteiger partial charge in [-0.2, -0.15) is 0 Å². The van der Waals surface area contributed by atoms with Crippen LogP contribution >= 0.6 is 22.9 Å². The first-order valence-electron chi connectivity index (χ1n) is 7.19. The minimum Gasteiger partial charge on any atom is -0.300 e. The van der Waals surface area contributed by atoms with E-state index in [9.17, 15) is 4.79 Å². The van der Waals surface area contributed by atoms with Gasteiger partial charge in [-0.15, -0.1) is 10.2 Å². The number of nitrogens with one attached hydrogen (secondary N) is 1. The molecule has 0 unspecified atom stereocenters. The summed E-state index contributed by atoms with van der Waals surface area (Å²) in [5, 5.41) is 13.1. The zero-order chi connectivity index (χ0) is 16.3. The molecule has 0 radical (unpaired) electrons. The number of halogens is 1. The molecule has 4 nitrogen and oxygen atoms in total. The Morgan fingerprint density at radius 2 is 2.09 bits per heavy atom. The Morgan fingerprint density at radius 3 is 2.73 bits per heavy atom. The summed E-state index contributed by atoms with van der Waals surface area (Å²) >= 11 is 7.44. The van der Waals surface area contributed by atoms with Crippen LogP contribution in [0.2, 0.25) is 5.02 Å². The van der Waals surface area contributed by atoms with Gasteiger partial charge in [0.05, 0.1) is 5.41 Å². The second kappa shape index (κ2) is 6.75. The quantitative estimate of drug-likeness (QED) is 0.884. The Morgan fingerprint density at radius 1 is 1.36 bits per heavy atom. The molecular formula is C16H20ClN3OS. The summed E-state index contributed by atoms with van der Waals surface area (Å²) in [5.74, 6) is 0.390. The van der Waals surface area contributed by atoms with Gasteiger partial charge in [-0.1, -0.05) is 48.9 Å². The van der Waals surface area contributed by atoms with E-state index < -0.39 is 5.41 Å². The van der Waals surface area contributed by atoms with Crippen LogP contribution < -0.4 is 5.32 Å². The Hall–Kier alpha value is -1.46. The average Bonchev–Trinajstić information content (AvgIpc) is 2.85. The van der Waals surface area contributed by atoms with Crippen LogP contribution in [-0.2, 0) is 16.6 Å². The normalized spacial score (nSPS) is 11.7. The highest BCUT2D eigenvalue weighted by Crippen LogP contribution is 2.28. The molecule has 1 aromatic carbocycles. The van der Waals surface area contributed by atoms with Crippen molar-refractivity contribution in [3.05, 3.63) is 39.9 Å². The molecule has 118 valence electrons. The second-order valence-corrected chi connectivity index (χ2v) is 7.69. The van der Waals surface area contributed by atoms with Gasteiger partial charge in [-0.3, -0.25) is 10.1 Å². The minimum atomic E-state index is -0.700. The molecule has 0 atom stereocenters. The molecule has 0 aliphatic heterocycles. The van der Waals surface area contributed by atoms with Crippen molar-refractivity contribution in [2.45, 2.75) is 39.5 Å². The fraction of sp³-hybridized carbons (Fsp3) is 0.438.